The highest BCUT2D eigenvalue weighted by atomic mass is 32.2. The van der Waals surface area contributed by atoms with E-state index in [1.54, 1.807) is 26.5 Å². The molecular formula is C16H26N4O3S. The molecule has 0 aliphatic carbocycles. The van der Waals surface area contributed by atoms with Crippen LogP contribution in [0.1, 0.15) is 18.4 Å². The molecule has 8 heteroatoms. The predicted molar refractivity (Wildman–Crippen MR) is 91.4 cm³/mol. The minimum atomic E-state index is -3.42. The highest BCUT2D eigenvalue weighted by Gasteiger charge is 2.47. The number of pyridine rings is 1. The van der Waals surface area contributed by atoms with Crippen molar-refractivity contribution in [3.63, 3.8) is 0 Å². The Morgan fingerprint density at radius 1 is 1.25 bits per heavy atom. The smallest absolute Gasteiger partial charge is 0.281 e. The molecule has 2 saturated heterocycles. The Labute approximate surface area is 144 Å². The molecule has 0 aromatic carbocycles. The molecule has 0 bridgehead atoms. The maximum absolute atomic E-state index is 12.4. The molecule has 3 heterocycles. The number of likely N-dealkylation sites (tertiary alicyclic amines) is 1. The monoisotopic (exact) mass is 354 g/mol. The van der Waals surface area contributed by atoms with Crippen LogP contribution in [0.3, 0.4) is 0 Å². The topological polar surface area (TPSA) is 77.0 Å². The van der Waals surface area contributed by atoms with Gasteiger partial charge in [0.25, 0.3) is 10.2 Å². The third-order valence-electron chi connectivity index (χ3n) is 5.26. The molecule has 2 aliphatic rings. The van der Waals surface area contributed by atoms with Crippen molar-refractivity contribution >= 4 is 10.2 Å². The molecule has 2 fully saturated rings. The van der Waals surface area contributed by atoms with Crippen molar-refractivity contribution in [1.29, 1.82) is 0 Å². The van der Waals surface area contributed by atoms with Gasteiger partial charge in [0, 0.05) is 65.1 Å². The van der Waals surface area contributed by atoms with Gasteiger partial charge >= 0.3 is 0 Å². The van der Waals surface area contributed by atoms with Crippen LogP contribution in [0.4, 0.5) is 0 Å². The quantitative estimate of drug-likeness (QED) is 0.833. The van der Waals surface area contributed by atoms with E-state index in [0.717, 1.165) is 13.1 Å². The maximum Gasteiger partial charge on any atom is 0.281 e. The summed E-state index contributed by atoms with van der Waals surface area (Å²) in [6.07, 6.45) is 4.76. The summed E-state index contributed by atoms with van der Waals surface area (Å²) in [6, 6.07) is 3.98. The standard InChI is InChI=1S/C16H26N4O3S/c1-18(2)24(22,23)20-10-6-16(21)5-9-19(12-15(16)13-20)11-14-3-7-17-8-4-14/h3-4,7-8,15,21H,5-6,9-13H2,1-2H3/t15-,16-/m0/s1. The number of rotatable bonds is 4. The number of hydrogen-bond acceptors (Lipinski definition) is 5. The summed E-state index contributed by atoms with van der Waals surface area (Å²) in [6.45, 7) is 3.10. The number of nitrogens with zero attached hydrogens (tertiary/aromatic N) is 4. The Morgan fingerprint density at radius 3 is 2.58 bits per heavy atom. The molecule has 0 spiro atoms. The minimum Gasteiger partial charge on any atom is -0.389 e. The molecule has 0 saturated carbocycles. The van der Waals surface area contributed by atoms with E-state index in [1.807, 2.05) is 12.1 Å². The van der Waals surface area contributed by atoms with E-state index in [-0.39, 0.29) is 5.92 Å². The number of aromatic nitrogens is 1. The fourth-order valence-corrected chi connectivity index (χ4v) is 4.82. The third-order valence-corrected chi connectivity index (χ3v) is 7.17. The summed E-state index contributed by atoms with van der Waals surface area (Å²) in [4.78, 5) is 6.32. The lowest BCUT2D eigenvalue weighted by Crippen LogP contribution is -2.61. The molecular weight excluding hydrogens is 328 g/mol. The first-order chi connectivity index (χ1) is 11.3. The van der Waals surface area contributed by atoms with E-state index in [2.05, 4.69) is 9.88 Å². The number of aliphatic hydroxyl groups is 1. The highest BCUT2D eigenvalue weighted by Crippen LogP contribution is 2.36. The lowest BCUT2D eigenvalue weighted by Gasteiger charge is -2.50. The van der Waals surface area contributed by atoms with Crippen LogP contribution in [-0.4, -0.2) is 77.9 Å². The van der Waals surface area contributed by atoms with Crippen LogP contribution < -0.4 is 0 Å². The van der Waals surface area contributed by atoms with Gasteiger partial charge in [-0.15, -0.1) is 0 Å². The van der Waals surface area contributed by atoms with Crippen LogP contribution in [0, 0.1) is 5.92 Å². The Morgan fingerprint density at radius 2 is 1.92 bits per heavy atom. The van der Waals surface area contributed by atoms with Gasteiger partial charge in [0.15, 0.2) is 0 Å². The average Bonchev–Trinajstić information content (AvgIpc) is 2.55. The summed E-state index contributed by atoms with van der Waals surface area (Å²) in [5, 5.41) is 10.9. The molecule has 24 heavy (non-hydrogen) atoms. The Kier molecular flexibility index (Phi) is 4.94. The van der Waals surface area contributed by atoms with Gasteiger partial charge in [-0.1, -0.05) is 0 Å². The first kappa shape index (κ1) is 17.8. The van der Waals surface area contributed by atoms with Crippen molar-refractivity contribution in [2.24, 2.45) is 5.92 Å². The summed E-state index contributed by atoms with van der Waals surface area (Å²) < 4.78 is 27.5. The van der Waals surface area contributed by atoms with Gasteiger partial charge in [-0.25, -0.2) is 0 Å². The van der Waals surface area contributed by atoms with Gasteiger partial charge < -0.3 is 5.11 Å². The van der Waals surface area contributed by atoms with Gasteiger partial charge in [-0.3, -0.25) is 9.88 Å². The number of fused-ring (bicyclic) bond motifs is 1. The van der Waals surface area contributed by atoms with Crippen molar-refractivity contribution in [3.8, 4) is 0 Å². The zero-order valence-corrected chi connectivity index (χ0v) is 15.1. The molecule has 3 rings (SSSR count). The largest absolute Gasteiger partial charge is 0.389 e. The Bertz CT molecular complexity index is 667. The van der Waals surface area contributed by atoms with Crippen molar-refractivity contribution in [2.75, 3.05) is 40.3 Å². The normalized spacial score (nSPS) is 29.6. The summed E-state index contributed by atoms with van der Waals surface area (Å²) in [5.41, 5.74) is 0.441. The fourth-order valence-electron chi connectivity index (χ4n) is 3.67. The Balaban J connectivity index is 1.70. The van der Waals surface area contributed by atoms with Crippen molar-refractivity contribution in [3.05, 3.63) is 30.1 Å². The Hall–Kier alpha value is -1.06. The molecule has 2 aliphatic heterocycles. The molecule has 1 N–H and O–H groups in total. The van der Waals surface area contributed by atoms with Crippen LogP contribution >= 0.6 is 0 Å². The third kappa shape index (κ3) is 3.48. The lowest BCUT2D eigenvalue weighted by molar-refractivity contribution is -0.103. The second kappa shape index (κ2) is 6.68. The first-order valence-corrected chi connectivity index (χ1v) is 9.72. The summed E-state index contributed by atoms with van der Waals surface area (Å²) in [7, 11) is -0.328. The molecule has 134 valence electrons. The lowest BCUT2D eigenvalue weighted by atomic mass is 9.76. The molecule has 1 aromatic heterocycles. The van der Waals surface area contributed by atoms with Crippen molar-refractivity contribution in [1.82, 2.24) is 18.5 Å². The second-order valence-corrected chi connectivity index (χ2v) is 9.18. The van der Waals surface area contributed by atoms with E-state index >= 15 is 0 Å². The van der Waals surface area contributed by atoms with E-state index < -0.39 is 15.8 Å². The average molecular weight is 354 g/mol. The van der Waals surface area contributed by atoms with Crippen LogP contribution in [0.15, 0.2) is 24.5 Å². The van der Waals surface area contributed by atoms with Crippen LogP contribution in [0.2, 0.25) is 0 Å². The van der Waals surface area contributed by atoms with Gasteiger partial charge in [-0.2, -0.15) is 17.0 Å². The number of hydrogen-bond donors (Lipinski definition) is 1. The molecule has 2 atom stereocenters. The summed E-state index contributed by atoms with van der Waals surface area (Å²) in [5.74, 6) is -0.0587. The minimum absolute atomic E-state index is 0.0587. The zero-order chi connectivity index (χ0) is 17.4. The second-order valence-electron chi connectivity index (χ2n) is 7.04. The van der Waals surface area contributed by atoms with Gasteiger partial charge in [-0.05, 0) is 30.5 Å². The van der Waals surface area contributed by atoms with Crippen LogP contribution in [0.5, 0.6) is 0 Å². The van der Waals surface area contributed by atoms with Gasteiger partial charge in [0.1, 0.15) is 0 Å². The van der Waals surface area contributed by atoms with Crippen molar-refractivity contribution in [2.45, 2.75) is 25.0 Å². The summed E-state index contributed by atoms with van der Waals surface area (Å²) >= 11 is 0. The van der Waals surface area contributed by atoms with Crippen LogP contribution in [-0.2, 0) is 16.8 Å². The zero-order valence-electron chi connectivity index (χ0n) is 14.3. The molecule has 0 unspecified atom stereocenters. The van der Waals surface area contributed by atoms with E-state index in [1.165, 1.54) is 14.2 Å². The van der Waals surface area contributed by atoms with Gasteiger partial charge in [0.05, 0.1) is 5.60 Å². The maximum atomic E-state index is 12.4. The first-order valence-electron chi connectivity index (χ1n) is 8.32. The highest BCUT2D eigenvalue weighted by molar-refractivity contribution is 7.86. The van der Waals surface area contributed by atoms with E-state index in [9.17, 15) is 13.5 Å². The number of piperidine rings is 2. The SMILES string of the molecule is CN(C)S(=O)(=O)N1CC[C@@]2(O)CCN(Cc3ccncc3)C[C@H]2C1. The van der Waals surface area contributed by atoms with Gasteiger partial charge in [0.2, 0.25) is 0 Å². The molecule has 1 aromatic rings. The van der Waals surface area contributed by atoms with Crippen LogP contribution in [0.25, 0.3) is 0 Å². The van der Waals surface area contributed by atoms with E-state index in [4.69, 9.17) is 0 Å². The molecule has 0 radical (unpaired) electrons. The fraction of sp³-hybridized carbons (Fsp3) is 0.688. The van der Waals surface area contributed by atoms with Crippen molar-refractivity contribution < 1.29 is 13.5 Å². The molecule has 0 amide bonds. The predicted octanol–water partition coefficient (Wildman–Crippen LogP) is 0.147. The molecule has 7 nitrogen and oxygen atoms in total. The van der Waals surface area contributed by atoms with E-state index in [0.29, 0.717) is 32.5 Å².